The van der Waals surface area contributed by atoms with Crippen molar-refractivity contribution in [2.45, 2.75) is 17.5 Å². The fourth-order valence-corrected chi connectivity index (χ4v) is 0.974. The summed E-state index contributed by atoms with van der Waals surface area (Å²) in [6, 6.07) is 1.36. The van der Waals surface area contributed by atoms with Gasteiger partial charge in [-0.05, 0) is 0 Å². The maximum atomic E-state index is 12.4. The zero-order chi connectivity index (χ0) is 7.99. The van der Waals surface area contributed by atoms with Gasteiger partial charge in [-0.2, -0.15) is 5.26 Å². The zero-order valence-corrected chi connectivity index (χ0v) is 5.50. The third-order valence-electron chi connectivity index (χ3n) is 1.54. The summed E-state index contributed by atoms with van der Waals surface area (Å²) in [5, 5.41) is 4.91. The van der Waals surface area contributed by atoms with E-state index in [4.69, 9.17) is 16.9 Å². The van der Waals surface area contributed by atoms with Crippen LogP contribution < -0.4 is 0 Å². The maximum absolute atomic E-state index is 12.4. The van der Waals surface area contributed by atoms with Gasteiger partial charge in [-0.3, -0.25) is 0 Å². The molecular formula is C5H3ClF3N. The zero-order valence-electron chi connectivity index (χ0n) is 4.74. The van der Waals surface area contributed by atoms with Gasteiger partial charge in [0.05, 0.1) is 6.07 Å². The fraction of sp³-hybridized carbons (Fsp3) is 0.800. The highest BCUT2D eigenvalue weighted by molar-refractivity contribution is 6.24. The third-order valence-corrected chi connectivity index (χ3v) is 2.08. The molecule has 0 aromatic carbocycles. The number of rotatable bonds is 0. The molecule has 0 aliphatic heterocycles. The Kier molecular flexibility index (Phi) is 1.37. The maximum Gasteiger partial charge on any atom is 0.298 e. The molecule has 0 unspecified atom stereocenters. The first-order chi connectivity index (χ1) is 4.42. The molecule has 5 heteroatoms. The van der Waals surface area contributed by atoms with Crippen LogP contribution in [0.3, 0.4) is 0 Å². The molecule has 0 aromatic heterocycles. The molecule has 1 rings (SSSR count). The summed E-state index contributed by atoms with van der Waals surface area (Å²) in [6.45, 7) is 0. The fourth-order valence-electron chi connectivity index (χ4n) is 0.771. The lowest BCUT2D eigenvalue weighted by molar-refractivity contribution is -0.191. The van der Waals surface area contributed by atoms with E-state index in [-0.39, 0.29) is 0 Å². The largest absolute Gasteiger partial charge is 0.298 e. The van der Waals surface area contributed by atoms with E-state index in [9.17, 15) is 13.2 Å². The van der Waals surface area contributed by atoms with Gasteiger partial charge in [0.15, 0.2) is 0 Å². The average molecular weight is 170 g/mol. The van der Waals surface area contributed by atoms with Crippen LogP contribution in [-0.2, 0) is 0 Å². The van der Waals surface area contributed by atoms with E-state index in [1.54, 1.807) is 0 Å². The Labute approximate surface area is 60.4 Å². The molecule has 1 nitrogen and oxygen atoms in total. The van der Waals surface area contributed by atoms with Crippen molar-refractivity contribution in [2.24, 2.45) is 5.92 Å². The number of alkyl halides is 4. The van der Waals surface area contributed by atoms with Crippen LogP contribution in [0.25, 0.3) is 0 Å². The highest BCUT2D eigenvalue weighted by Gasteiger charge is 2.69. The lowest BCUT2D eigenvalue weighted by Gasteiger charge is -2.41. The first-order valence-corrected chi connectivity index (χ1v) is 2.95. The number of halogens is 4. The van der Waals surface area contributed by atoms with Crippen LogP contribution in [0.4, 0.5) is 13.2 Å². The van der Waals surface area contributed by atoms with Gasteiger partial charge in [0.1, 0.15) is 5.92 Å². The van der Waals surface area contributed by atoms with Gasteiger partial charge in [0.2, 0.25) is 0 Å². The average Bonchev–Trinajstić information content (AvgIpc) is 1.83. The van der Waals surface area contributed by atoms with Crippen LogP contribution in [0.2, 0.25) is 0 Å². The van der Waals surface area contributed by atoms with Crippen LogP contribution in [0.15, 0.2) is 0 Å². The first kappa shape index (κ1) is 7.67. The highest BCUT2D eigenvalue weighted by atomic mass is 35.5. The van der Waals surface area contributed by atoms with Crippen molar-refractivity contribution in [1.82, 2.24) is 0 Å². The SMILES string of the molecule is N#C[C@H]1CC(F)(F)[C@@]1(F)Cl. The van der Waals surface area contributed by atoms with Crippen molar-refractivity contribution in [3.05, 3.63) is 0 Å². The summed E-state index contributed by atoms with van der Waals surface area (Å²) in [5.74, 6) is -4.90. The van der Waals surface area contributed by atoms with E-state index >= 15 is 0 Å². The third kappa shape index (κ3) is 0.702. The van der Waals surface area contributed by atoms with E-state index < -0.39 is 23.4 Å². The molecule has 0 N–H and O–H groups in total. The number of nitrogens with zero attached hydrogens (tertiary/aromatic N) is 1. The molecule has 0 heterocycles. The molecule has 0 saturated heterocycles. The second kappa shape index (κ2) is 1.79. The molecule has 1 aliphatic carbocycles. The van der Waals surface area contributed by atoms with E-state index in [0.29, 0.717) is 0 Å². The quantitative estimate of drug-likeness (QED) is 0.510. The van der Waals surface area contributed by atoms with Crippen LogP contribution in [0, 0.1) is 17.2 Å². The van der Waals surface area contributed by atoms with Crippen LogP contribution in [0.5, 0.6) is 0 Å². The van der Waals surface area contributed by atoms with Gasteiger partial charge in [0, 0.05) is 6.42 Å². The molecule has 2 atom stereocenters. The molecule has 0 bridgehead atoms. The number of hydrogen-bond donors (Lipinski definition) is 0. The molecule has 0 amide bonds. The monoisotopic (exact) mass is 169 g/mol. The minimum atomic E-state index is -3.53. The second-order valence-electron chi connectivity index (χ2n) is 2.21. The van der Waals surface area contributed by atoms with Gasteiger partial charge < -0.3 is 0 Å². The molecular weight excluding hydrogens is 167 g/mol. The minimum absolute atomic E-state index is 0.774. The van der Waals surface area contributed by atoms with E-state index in [1.807, 2.05) is 0 Å². The molecule has 0 radical (unpaired) electrons. The van der Waals surface area contributed by atoms with Crippen molar-refractivity contribution in [3.63, 3.8) is 0 Å². The van der Waals surface area contributed by atoms with Crippen molar-refractivity contribution >= 4 is 11.6 Å². The van der Waals surface area contributed by atoms with Crippen molar-refractivity contribution in [3.8, 4) is 6.07 Å². The van der Waals surface area contributed by atoms with Crippen molar-refractivity contribution < 1.29 is 13.2 Å². The topological polar surface area (TPSA) is 23.8 Å². The van der Waals surface area contributed by atoms with E-state index in [1.165, 1.54) is 6.07 Å². The van der Waals surface area contributed by atoms with Crippen LogP contribution in [-0.4, -0.2) is 11.1 Å². The lowest BCUT2D eigenvalue weighted by atomic mass is 9.79. The summed E-state index contributed by atoms with van der Waals surface area (Å²) in [5.41, 5.74) is 0. The molecule has 0 aromatic rings. The second-order valence-corrected chi connectivity index (χ2v) is 2.76. The Balaban J connectivity index is 2.77. The van der Waals surface area contributed by atoms with Gasteiger partial charge in [0.25, 0.3) is 11.1 Å². The Bertz CT molecular complexity index is 196. The Morgan fingerprint density at radius 3 is 2.10 bits per heavy atom. The summed E-state index contributed by atoms with van der Waals surface area (Å²) in [6.07, 6.45) is -0.774. The molecule has 1 aliphatic rings. The van der Waals surface area contributed by atoms with Crippen molar-refractivity contribution in [2.75, 3.05) is 0 Å². The standard InChI is InChI=1S/C5H3ClF3N/c6-5(9)3(2-10)1-4(5,7)8/h3H,1H2/t3-,5-/m1/s1. The van der Waals surface area contributed by atoms with Crippen LogP contribution >= 0.6 is 11.6 Å². The predicted molar refractivity (Wildman–Crippen MR) is 28.4 cm³/mol. The lowest BCUT2D eigenvalue weighted by Crippen LogP contribution is -2.57. The minimum Gasteiger partial charge on any atom is -0.218 e. The molecule has 0 spiro atoms. The normalized spacial score (nSPS) is 43.7. The Morgan fingerprint density at radius 2 is 2.00 bits per heavy atom. The summed E-state index contributed by atoms with van der Waals surface area (Å²) in [7, 11) is 0. The predicted octanol–water partition coefficient (Wildman–Crippen LogP) is 2.07. The van der Waals surface area contributed by atoms with Gasteiger partial charge >= 0.3 is 0 Å². The summed E-state index contributed by atoms with van der Waals surface area (Å²) < 4.78 is 36.6. The first-order valence-electron chi connectivity index (χ1n) is 2.57. The molecule has 10 heavy (non-hydrogen) atoms. The summed E-state index contributed by atoms with van der Waals surface area (Å²) in [4.78, 5) is 0. The molecule has 1 saturated carbocycles. The highest BCUT2D eigenvalue weighted by Crippen LogP contribution is 2.56. The Morgan fingerprint density at radius 1 is 1.50 bits per heavy atom. The number of nitriles is 1. The molecule has 1 fully saturated rings. The smallest absolute Gasteiger partial charge is 0.218 e. The van der Waals surface area contributed by atoms with Crippen LogP contribution in [0.1, 0.15) is 6.42 Å². The van der Waals surface area contributed by atoms with Gasteiger partial charge in [-0.15, -0.1) is 0 Å². The number of hydrogen-bond acceptors (Lipinski definition) is 1. The van der Waals surface area contributed by atoms with Gasteiger partial charge in [-0.25, -0.2) is 13.2 Å². The summed E-state index contributed by atoms with van der Waals surface area (Å²) >= 11 is 4.72. The molecule has 56 valence electrons. The van der Waals surface area contributed by atoms with E-state index in [2.05, 4.69) is 0 Å². The van der Waals surface area contributed by atoms with Crippen molar-refractivity contribution in [1.29, 1.82) is 5.26 Å². The van der Waals surface area contributed by atoms with E-state index in [0.717, 1.165) is 0 Å². The Hall–Kier alpha value is -0.430. The van der Waals surface area contributed by atoms with Gasteiger partial charge in [-0.1, -0.05) is 11.6 Å².